The second kappa shape index (κ2) is 7.60. The van der Waals surface area contributed by atoms with Crippen LogP contribution in [-0.4, -0.2) is 21.0 Å². The lowest BCUT2D eigenvalue weighted by molar-refractivity contribution is 0.0697. The number of anilines is 1. The van der Waals surface area contributed by atoms with Crippen molar-refractivity contribution in [3.05, 3.63) is 76.2 Å². The first-order valence-corrected chi connectivity index (χ1v) is 9.84. The van der Waals surface area contributed by atoms with E-state index in [0.29, 0.717) is 18.2 Å². The highest BCUT2D eigenvalue weighted by Crippen LogP contribution is 2.40. The number of halogens is 1. The van der Waals surface area contributed by atoms with E-state index in [-0.39, 0.29) is 11.4 Å². The van der Waals surface area contributed by atoms with Crippen LogP contribution in [-0.2, 0) is 6.54 Å². The number of aromatic carboxylic acids is 1. The largest absolute Gasteiger partial charge is 0.478 e. The predicted molar refractivity (Wildman–Crippen MR) is 113 cm³/mol. The Kier molecular flexibility index (Phi) is 4.98. The van der Waals surface area contributed by atoms with Gasteiger partial charge in [0.1, 0.15) is 22.3 Å². The fraction of sp³-hybridized carbons (Fsp3) is 0.136. The minimum Gasteiger partial charge on any atom is -0.478 e. The smallest absolute Gasteiger partial charge is 0.335 e. The van der Waals surface area contributed by atoms with Crippen LogP contribution in [0.4, 0.5) is 10.2 Å². The molecule has 0 amide bonds. The topological polar surface area (TPSA) is 75.1 Å². The maximum absolute atomic E-state index is 13.4. The van der Waals surface area contributed by atoms with Crippen LogP contribution in [0.15, 0.2) is 48.5 Å². The third-order valence-electron chi connectivity index (χ3n) is 4.63. The molecule has 2 aromatic carbocycles. The van der Waals surface area contributed by atoms with E-state index in [4.69, 9.17) is 5.11 Å². The van der Waals surface area contributed by atoms with Crippen molar-refractivity contribution in [1.82, 2.24) is 9.97 Å². The van der Waals surface area contributed by atoms with Crippen molar-refractivity contribution < 1.29 is 14.3 Å². The van der Waals surface area contributed by atoms with Gasteiger partial charge in [0.25, 0.3) is 0 Å². The summed E-state index contributed by atoms with van der Waals surface area (Å²) in [5.74, 6) is 0.142. The molecule has 0 saturated carbocycles. The molecule has 0 radical (unpaired) electrons. The standard InChI is InChI=1S/C22H18FN3O2S/c1-12-18(15-7-9-17(23)10-8-15)19-20(25-13(2)26-21(19)29-12)24-11-14-3-5-16(6-4-14)22(27)28/h3-10H,11H2,1-2H3,(H,27,28)(H,24,25,26). The molecule has 0 aliphatic heterocycles. The maximum atomic E-state index is 13.4. The van der Waals surface area contributed by atoms with E-state index in [0.717, 1.165) is 31.8 Å². The Morgan fingerprint density at radius 2 is 1.76 bits per heavy atom. The second-order valence-electron chi connectivity index (χ2n) is 6.70. The normalized spacial score (nSPS) is 11.0. The van der Waals surface area contributed by atoms with Gasteiger partial charge in [-0.15, -0.1) is 11.3 Å². The molecular weight excluding hydrogens is 389 g/mol. The summed E-state index contributed by atoms with van der Waals surface area (Å²) in [6.45, 7) is 4.36. The summed E-state index contributed by atoms with van der Waals surface area (Å²) < 4.78 is 13.4. The number of hydrogen-bond donors (Lipinski definition) is 2. The van der Waals surface area contributed by atoms with Gasteiger partial charge in [0.2, 0.25) is 0 Å². The summed E-state index contributed by atoms with van der Waals surface area (Å²) in [7, 11) is 0. The SMILES string of the molecule is Cc1nc(NCc2ccc(C(=O)O)cc2)c2c(-c3ccc(F)cc3)c(C)sc2n1. The van der Waals surface area contributed by atoms with Gasteiger partial charge in [0, 0.05) is 17.0 Å². The molecule has 4 aromatic rings. The number of aromatic nitrogens is 2. The number of rotatable bonds is 5. The molecule has 2 heterocycles. The quantitative estimate of drug-likeness (QED) is 0.462. The average molecular weight is 407 g/mol. The molecule has 0 fully saturated rings. The highest BCUT2D eigenvalue weighted by Gasteiger charge is 2.18. The van der Waals surface area contributed by atoms with Crippen LogP contribution < -0.4 is 5.32 Å². The average Bonchev–Trinajstić information content (AvgIpc) is 3.02. The molecule has 0 atom stereocenters. The van der Waals surface area contributed by atoms with E-state index in [9.17, 15) is 9.18 Å². The molecule has 0 bridgehead atoms. The summed E-state index contributed by atoms with van der Waals surface area (Å²) in [6.07, 6.45) is 0. The van der Waals surface area contributed by atoms with Crippen molar-refractivity contribution in [2.75, 3.05) is 5.32 Å². The van der Waals surface area contributed by atoms with Crippen molar-refractivity contribution in [2.24, 2.45) is 0 Å². The number of hydrogen-bond acceptors (Lipinski definition) is 5. The van der Waals surface area contributed by atoms with E-state index in [2.05, 4.69) is 15.3 Å². The number of carbonyl (C=O) groups is 1. The molecule has 146 valence electrons. The predicted octanol–water partition coefficient (Wildman–Crippen LogP) is 5.42. The number of thiophene rings is 1. The molecule has 7 heteroatoms. The van der Waals surface area contributed by atoms with Gasteiger partial charge >= 0.3 is 5.97 Å². The number of carboxylic acid groups (broad SMARTS) is 1. The van der Waals surface area contributed by atoms with Crippen LogP contribution in [0.1, 0.15) is 26.6 Å². The molecule has 4 rings (SSSR count). The summed E-state index contributed by atoms with van der Waals surface area (Å²) >= 11 is 1.58. The van der Waals surface area contributed by atoms with Gasteiger partial charge in [-0.25, -0.2) is 19.2 Å². The van der Waals surface area contributed by atoms with Crippen LogP contribution in [0.5, 0.6) is 0 Å². The number of carboxylic acids is 1. The van der Waals surface area contributed by atoms with Gasteiger partial charge in [-0.05, 0) is 49.2 Å². The van der Waals surface area contributed by atoms with E-state index in [1.165, 1.54) is 12.1 Å². The fourth-order valence-corrected chi connectivity index (χ4v) is 4.35. The van der Waals surface area contributed by atoms with E-state index in [1.54, 1.807) is 47.7 Å². The van der Waals surface area contributed by atoms with Gasteiger partial charge < -0.3 is 10.4 Å². The number of nitrogens with zero attached hydrogens (tertiary/aromatic N) is 2. The van der Waals surface area contributed by atoms with Crippen molar-refractivity contribution in [3.8, 4) is 11.1 Å². The second-order valence-corrected chi connectivity index (χ2v) is 7.90. The van der Waals surface area contributed by atoms with Gasteiger partial charge in [-0.2, -0.15) is 0 Å². The Morgan fingerprint density at radius 1 is 1.07 bits per heavy atom. The highest BCUT2D eigenvalue weighted by atomic mass is 32.1. The third-order valence-corrected chi connectivity index (χ3v) is 5.63. The first-order valence-electron chi connectivity index (χ1n) is 9.02. The van der Waals surface area contributed by atoms with Crippen molar-refractivity contribution in [3.63, 3.8) is 0 Å². The van der Waals surface area contributed by atoms with Gasteiger partial charge in [0.15, 0.2) is 0 Å². The first kappa shape index (κ1) is 19.0. The van der Waals surface area contributed by atoms with Crippen LogP contribution in [0.3, 0.4) is 0 Å². The Morgan fingerprint density at radius 3 is 2.41 bits per heavy atom. The number of nitrogens with one attached hydrogen (secondary N) is 1. The molecule has 2 N–H and O–H groups in total. The van der Waals surface area contributed by atoms with E-state index in [1.807, 2.05) is 13.8 Å². The van der Waals surface area contributed by atoms with Crippen molar-refractivity contribution >= 4 is 33.3 Å². The Balaban J connectivity index is 1.73. The van der Waals surface area contributed by atoms with Crippen molar-refractivity contribution in [1.29, 1.82) is 0 Å². The molecular formula is C22H18FN3O2S. The third kappa shape index (κ3) is 3.82. The van der Waals surface area contributed by atoms with Crippen LogP contribution in [0, 0.1) is 19.7 Å². The Labute approximate surface area is 170 Å². The molecule has 0 aliphatic carbocycles. The fourth-order valence-electron chi connectivity index (χ4n) is 3.26. The lowest BCUT2D eigenvalue weighted by atomic mass is 10.0. The molecule has 29 heavy (non-hydrogen) atoms. The number of benzene rings is 2. The summed E-state index contributed by atoms with van der Waals surface area (Å²) in [6, 6.07) is 13.1. The maximum Gasteiger partial charge on any atom is 0.335 e. The first-order chi connectivity index (χ1) is 13.9. The van der Waals surface area contributed by atoms with Gasteiger partial charge in [0.05, 0.1) is 10.9 Å². The van der Waals surface area contributed by atoms with Crippen LogP contribution >= 0.6 is 11.3 Å². The van der Waals surface area contributed by atoms with Crippen LogP contribution in [0.25, 0.3) is 21.3 Å². The van der Waals surface area contributed by atoms with Crippen molar-refractivity contribution in [2.45, 2.75) is 20.4 Å². The molecule has 2 aromatic heterocycles. The molecule has 0 spiro atoms. The molecule has 0 saturated heterocycles. The number of fused-ring (bicyclic) bond motifs is 1. The summed E-state index contributed by atoms with van der Waals surface area (Å²) in [5.41, 5.74) is 3.10. The van der Waals surface area contributed by atoms with Gasteiger partial charge in [-0.1, -0.05) is 24.3 Å². The lowest BCUT2D eigenvalue weighted by Gasteiger charge is -2.10. The minimum absolute atomic E-state index is 0.251. The molecule has 5 nitrogen and oxygen atoms in total. The lowest BCUT2D eigenvalue weighted by Crippen LogP contribution is -2.04. The summed E-state index contributed by atoms with van der Waals surface area (Å²) in [4.78, 5) is 22.1. The minimum atomic E-state index is -0.949. The highest BCUT2D eigenvalue weighted by molar-refractivity contribution is 7.19. The van der Waals surface area contributed by atoms with Crippen LogP contribution in [0.2, 0.25) is 0 Å². The monoisotopic (exact) mass is 407 g/mol. The zero-order valence-corrected chi connectivity index (χ0v) is 16.7. The van der Waals surface area contributed by atoms with E-state index >= 15 is 0 Å². The Hall–Kier alpha value is -3.32. The zero-order chi connectivity index (χ0) is 20.5. The molecule has 0 unspecified atom stereocenters. The zero-order valence-electron chi connectivity index (χ0n) is 15.9. The molecule has 0 aliphatic rings. The number of aryl methyl sites for hydroxylation is 2. The Bertz CT molecular complexity index is 1200. The van der Waals surface area contributed by atoms with Gasteiger partial charge in [-0.3, -0.25) is 0 Å². The summed E-state index contributed by atoms with van der Waals surface area (Å²) in [5, 5.41) is 13.3. The van der Waals surface area contributed by atoms with E-state index < -0.39 is 5.97 Å².